The molecule has 1 amide bonds. The molecular weight excluding hydrogens is 565 g/mol. The lowest BCUT2D eigenvalue weighted by Gasteiger charge is -2.13. The highest BCUT2D eigenvalue weighted by molar-refractivity contribution is 14.1. The highest BCUT2D eigenvalue weighted by atomic mass is 127. The van der Waals surface area contributed by atoms with E-state index in [9.17, 15) is 4.79 Å². The number of hydrogen-bond acceptors (Lipinski definition) is 4. The van der Waals surface area contributed by atoms with Crippen molar-refractivity contribution in [2.75, 3.05) is 13.2 Å². The van der Waals surface area contributed by atoms with E-state index in [4.69, 9.17) is 9.47 Å². The van der Waals surface area contributed by atoms with Crippen LogP contribution < -0.4 is 14.9 Å². The number of halogens is 1. The molecular formula is C29H28IN3O3. The molecule has 0 aliphatic heterocycles. The fraction of sp³-hybridized carbons (Fsp3) is 0.172. The molecule has 3 aromatic carbocycles. The molecule has 1 heterocycles. The van der Waals surface area contributed by atoms with Crippen LogP contribution in [0.5, 0.6) is 11.5 Å². The summed E-state index contributed by atoms with van der Waals surface area (Å²) in [6.07, 6.45) is 1.60. The Morgan fingerprint density at radius 2 is 1.69 bits per heavy atom. The van der Waals surface area contributed by atoms with Gasteiger partial charge in [0.2, 0.25) is 0 Å². The highest BCUT2D eigenvalue weighted by Crippen LogP contribution is 2.34. The normalized spacial score (nSPS) is 11.0. The Balaban J connectivity index is 1.48. The molecule has 7 heteroatoms. The summed E-state index contributed by atoms with van der Waals surface area (Å²) in [6.45, 7) is 7.01. The van der Waals surface area contributed by atoms with Gasteiger partial charge in [-0.3, -0.25) is 4.79 Å². The van der Waals surface area contributed by atoms with E-state index < -0.39 is 0 Å². The molecule has 0 atom stereocenters. The molecule has 1 aromatic heterocycles. The summed E-state index contributed by atoms with van der Waals surface area (Å²) in [5, 5.41) is 4.15. The Labute approximate surface area is 225 Å². The lowest BCUT2D eigenvalue weighted by molar-refractivity contribution is 0.0955. The number of ether oxygens (including phenoxy) is 2. The van der Waals surface area contributed by atoms with Crippen molar-refractivity contribution in [2.45, 2.75) is 20.8 Å². The molecule has 0 aliphatic rings. The van der Waals surface area contributed by atoms with Crippen LogP contribution in [-0.2, 0) is 0 Å². The standard InChI is InChI=1S/C29H28IN3O3/c1-4-35-27-18-21(17-25(30)28(27)36-5-2)19-31-32-29(34)23-12-14-24(15-13-23)33-20(3)11-16-26(33)22-9-7-6-8-10-22/h6-19H,4-5H2,1-3H3,(H,32,34)/b31-19+. The Morgan fingerprint density at radius 3 is 2.39 bits per heavy atom. The third kappa shape index (κ3) is 5.79. The van der Waals surface area contributed by atoms with Crippen LogP contribution in [0.1, 0.15) is 35.5 Å². The summed E-state index contributed by atoms with van der Waals surface area (Å²) in [5.41, 5.74) is 8.29. The SMILES string of the molecule is CCOc1cc(/C=N/NC(=O)c2ccc(-n3c(C)ccc3-c3ccccc3)cc2)cc(I)c1OCC. The van der Waals surface area contributed by atoms with Crippen molar-refractivity contribution >= 4 is 34.7 Å². The first kappa shape index (κ1) is 25.5. The molecule has 36 heavy (non-hydrogen) atoms. The van der Waals surface area contributed by atoms with Crippen LogP contribution in [0.3, 0.4) is 0 Å². The van der Waals surface area contributed by atoms with Crippen molar-refractivity contribution < 1.29 is 14.3 Å². The van der Waals surface area contributed by atoms with Crippen LogP contribution in [0.15, 0.2) is 84.0 Å². The van der Waals surface area contributed by atoms with Gasteiger partial charge in [0.05, 0.1) is 28.7 Å². The van der Waals surface area contributed by atoms with Gasteiger partial charge in [-0.2, -0.15) is 5.10 Å². The van der Waals surface area contributed by atoms with Crippen molar-refractivity contribution in [3.63, 3.8) is 0 Å². The highest BCUT2D eigenvalue weighted by Gasteiger charge is 2.12. The number of carbonyl (C=O) groups excluding carboxylic acids is 1. The lowest BCUT2D eigenvalue weighted by Crippen LogP contribution is -2.17. The maximum Gasteiger partial charge on any atom is 0.271 e. The van der Waals surface area contributed by atoms with Crippen LogP contribution in [0.25, 0.3) is 16.9 Å². The first-order chi connectivity index (χ1) is 17.5. The van der Waals surface area contributed by atoms with Crippen LogP contribution in [0, 0.1) is 10.5 Å². The van der Waals surface area contributed by atoms with E-state index in [1.807, 2.05) is 56.3 Å². The van der Waals surface area contributed by atoms with Crippen LogP contribution >= 0.6 is 22.6 Å². The fourth-order valence-corrected chi connectivity index (χ4v) is 4.70. The molecule has 0 fully saturated rings. The maximum atomic E-state index is 12.7. The van der Waals surface area contributed by atoms with Gasteiger partial charge in [-0.1, -0.05) is 30.3 Å². The lowest BCUT2D eigenvalue weighted by atomic mass is 10.1. The van der Waals surface area contributed by atoms with Crippen molar-refractivity contribution in [3.8, 4) is 28.4 Å². The minimum atomic E-state index is -0.282. The van der Waals surface area contributed by atoms with E-state index in [1.165, 1.54) is 0 Å². The molecule has 184 valence electrons. The molecule has 0 spiro atoms. The third-order valence-corrected chi connectivity index (χ3v) is 6.33. The van der Waals surface area contributed by atoms with Crippen molar-refractivity contribution in [1.29, 1.82) is 0 Å². The molecule has 0 radical (unpaired) electrons. The Hall–Kier alpha value is -3.59. The average Bonchev–Trinajstić information content (AvgIpc) is 3.28. The number of aryl methyl sites for hydroxylation is 1. The van der Waals surface area contributed by atoms with E-state index in [0.29, 0.717) is 24.5 Å². The molecule has 6 nitrogen and oxygen atoms in total. The van der Waals surface area contributed by atoms with Gasteiger partial charge in [-0.15, -0.1) is 0 Å². The average molecular weight is 593 g/mol. The Kier molecular flexibility index (Phi) is 8.43. The molecule has 0 saturated carbocycles. The number of aromatic nitrogens is 1. The van der Waals surface area contributed by atoms with Gasteiger partial charge in [-0.05, 0) is 103 Å². The quantitative estimate of drug-likeness (QED) is 0.135. The van der Waals surface area contributed by atoms with Gasteiger partial charge < -0.3 is 14.0 Å². The molecule has 0 unspecified atom stereocenters. The van der Waals surface area contributed by atoms with E-state index in [-0.39, 0.29) is 5.91 Å². The monoisotopic (exact) mass is 593 g/mol. The number of amides is 1. The summed E-state index contributed by atoms with van der Waals surface area (Å²) in [4.78, 5) is 12.7. The van der Waals surface area contributed by atoms with Crippen LogP contribution in [0.2, 0.25) is 0 Å². The number of nitrogens with one attached hydrogen (secondary N) is 1. The fourth-order valence-electron chi connectivity index (χ4n) is 3.92. The number of carbonyl (C=O) groups is 1. The van der Waals surface area contributed by atoms with E-state index in [0.717, 1.165) is 37.5 Å². The molecule has 1 N–H and O–H groups in total. The number of rotatable bonds is 9. The molecule has 0 bridgehead atoms. The van der Waals surface area contributed by atoms with Gasteiger partial charge in [-0.25, -0.2) is 5.43 Å². The third-order valence-electron chi connectivity index (χ3n) is 5.53. The zero-order valence-electron chi connectivity index (χ0n) is 20.5. The first-order valence-corrected chi connectivity index (χ1v) is 12.9. The van der Waals surface area contributed by atoms with Crippen molar-refractivity contribution in [3.05, 3.63) is 99.3 Å². The number of nitrogens with zero attached hydrogens (tertiary/aromatic N) is 2. The van der Waals surface area contributed by atoms with Gasteiger partial charge in [0.1, 0.15) is 0 Å². The van der Waals surface area contributed by atoms with Crippen LogP contribution in [0.4, 0.5) is 0 Å². The number of hydrazone groups is 1. The summed E-state index contributed by atoms with van der Waals surface area (Å²) in [6, 6.07) is 25.7. The minimum absolute atomic E-state index is 0.282. The zero-order chi connectivity index (χ0) is 25.5. The first-order valence-electron chi connectivity index (χ1n) is 11.8. The predicted molar refractivity (Wildman–Crippen MR) is 152 cm³/mol. The van der Waals surface area contributed by atoms with Gasteiger partial charge >= 0.3 is 0 Å². The smallest absolute Gasteiger partial charge is 0.271 e. The molecule has 0 aliphatic carbocycles. The predicted octanol–water partition coefficient (Wildman–Crippen LogP) is 6.62. The molecule has 0 saturated heterocycles. The van der Waals surface area contributed by atoms with Gasteiger partial charge in [0.15, 0.2) is 11.5 Å². The van der Waals surface area contributed by atoms with Gasteiger partial charge in [0, 0.05) is 16.9 Å². The zero-order valence-corrected chi connectivity index (χ0v) is 22.7. The summed E-state index contributed by atoms with van der Waals surface area (Å²) in [5.74, 6) is 1.09. The van der Waals surface area contributed by atoms with Crippen LogP contribution in [-0.4, -0.2) is 29.9 Å². The number of hydrogen-bond donors (Lipinski definition) is 1. The second-order valence-corrected chi connectivity index (χ2v) is 9.17. The van der Waals surface area contributed by atoms with E-state index in [2.05, 4.69) is 68.9 Å². The minimum Gasteiger partial charge on any atom is -0.490 e. The Bertz CT molecular complexity index is 1360. The maximum absolute atomic E-state index is 12.7. The topological polar surface area (TPSA) is 64.8 Å². The summed E-state index contributed by atoms with van der Waals surface area (Å²) in [7, 11) is 0. The van der Waals surface area contributed by atoms with E-state index in [1.54, 1.807) is 18.3 Å². The second-order valence-electron chi connectivity index (χ2n) is 8.00. The van der Waals surface area contributed by atoms with E-state index >= 15 is 0 Å². The summed E-state index contributed by atoms with van der Waals surface area (Å²) >= 11 is 2.21. The second kappa shape index (κ2) is 11.9. The summed E-state index contributed by atoms with van der Waals surface area (Å²) < 4.78 is 14.5. The van der Waals surface area contributed by atoms with Crippen molar-refractivity contribution in [1.82, 2.24) is 9.99 Å². The molecule has 4 aromatic rings. The van der Waals surface area contributed by atoms with Crippen molar-refractivity contribution in [2.24, 2.45) is 5.10 Å². The Morgan fingerprint density at radius 1 is 0.972 bits per heavy atom. The number of benzene rings is 3. The van der Waals surface area contributed by atoms with Gasteiger partial charge in [0.25, 0.3) is 5.91 Å². The molecule has 4 rings (SSSR count). The largest absolute Gasteiger partial charge is 0.490 e.